The molecule has 2 N–H and O–H groups in total. The molecule has 2 nitrogen and oxygen atoms in total. The molecule has 28 heavy (non-hydrogen) atoms. The lowest BCUT2D eigenvalue weighted by molar-refractivity contribution is -0.253. The van der Waals surface area contributed by atoms with E-state index in [4.69, 9.17) is 0 Å². The zero-order valence-corrected chi connectivity index (χ0v) is 19.9. The Balaban J connectivity index is 0.000000264. The molecule has 0 heterocycles. The molecule has 0 aliphatic heterocycles. The summed E-state index contributed by atoms with van der Waals surface area (Å²) in [5, 5.41) is 22.3. The summed E-state index contributed by atoms with van der Waals surface area (Å²) in [5.74, 6) is 2.79. The van der Waals surface area contributed by atoms with Crippen molar-refractivity contribution in [2.45, 2.75) is 92.8 Å². The van der Waals surface area contributed by atoms with Crippen molar-refractivity contribution in [3.63, 3.8) is 0 Å². The van der Waals surface area contributed by atoms with Gasteiger partial charge < -0.3 is 10.2 Å². The van der Waals surface area contributed by atoms with Gasteiger partial charge in [0.05, 0.1) is 11.7 Å². The number of hydrogen-bond donors (Lipinski definition) is 2. The van der Waals surface area contributed by atoms with Crippen LogP contribution in [0, 0.1) is 34.5 Å². The summed E-state index contributed by atoms with van der Waals surface area (Å²) in [6, 6.07) is 0. The zero-order valence-electron chi connectivity index (χ0n) is 16.8. The Labute approximate surface area is 191 Å². The molecule has 0 saturated heterocycles. The number of hydrogen-bond acceptors (Lipinski definition) is 2. The van der Waals surface area contributed by atoms with Crippen molar-refractivity contribution in [1.82, 2.24) is 0 Å². The highest BCUT2D eigenvalue weighted by Gasteiger charge is 2.64. The fourth-order valence-corrected chi connectivity index (χ4v) is 7.42. The Kier molecular flexibility index (Phi) is 8.95. The average Bonchev–Trinajstić information content (AvgIpc) is 2.58. The molecule has 6 aliphatic rings. The minimum Gasteiger partial charge on any atom is -0.390 e. The van der Waals surface area contributed by atoms with Crippen LogP contribution in [0.25, 0.3) is 0 Å². The molecule has 0 aromatic carbocycles. The highest BCUT2D eigenvalue weighted by molar-refractivity contribution is 9.09. The Hall–Kier alpha value is 0.620. The first-order valence-corrected chi connectivity index (χ1v) is 12.5. The van der Waals surface area contributed by atoms with Crippen molar-refractivity contribution in [3.05, 3.63) is 11.6 Å². The standard InChI is InChI=1S/C11H19BrO2.C11H17Br.2CH4/c1-10(2)7-5-8(10)11(14,3-4-12)9(13)6-7;1-11(2)9-4-3-8(5-6-12)10(11)7-9;;/h7-9,13-14H,3-6H2,1-2H3;3,9-10H,4-7H2,1-2H3;2*1H4/t7?,8?,9?,11-;;;/m1.../s1. The highest BCUT2D eigenvalue weighted by Crippen LogP contribution is 2.63. The molecule has 4 saturated carbocycles. The molecule has 4 fully saturated rings. The van der Waals surface area contributed by atoms with Gasteiger partial charge in [-0.05, 0) is 73.0 Å². The van der Waals surface area contributed by atoms with Crippen LogP contribution in [0.15, 0.2) is 11.6 Å². The van der Waals surface area contributed by atoms with E-state index in [1.54, 1.807) is 5.57 Å². The fourth-order valence-electron chi connectivity index (χ4n) is 6.33. The summed E-state index contributed by atoms with van der Waals surface area (Å²) in [6.07, 6.45) is 8.57. The van der Waals surface area contributed by atoms with Crippen molar-refractivity contribution < 1.29 is 10.2 Å². The van der Waals surface area contributed by atoms with E-state index >= 15 is 0 Å². The molecule has 0 spiro atoms. The van der Waals surface area contributed by atoms with Crippen molar-refractivity contribution in [2.75, 3.05) is 10.7 Å². The Morgan fingerprint density at radius 2 is 1.61 bits per heavy atom. The molecule has 0 radical (unpaired) electrons. The number of aliphatic hydroxyl groups excluding tert-OH is 1. The van der Waals surface area contributed by atoms with Gasteiger partial charge in [-0.1, -0.05) is 86.1 Å². The van der Waals surface area contributed by atoms with Crippen LogP contribution in [0.2, 0.25) is 0 Å². The molecule has 6 rings (SSSR count). The number of aliphatic hydroxyl groups is 2. The normalized spacial score (nSPS) is 40.9. The molecule has 6 atom stereocenters. The van der Waals surface area contributed by atoms with E-state index in [1.807, 2.05) is 0 Å². The van der Waals surface area contributed by atoms with Crippen molar-refractivity contribution in [1.29, 1.82) is 0 Å². The van der Waals surface area contributed by atoms with E-state index in [9.17, 15) is 10.2 Å². The second-order valence-electron chi connectivity index (χ2n) is 10.2. The van der Waals surface area contributed by atoms with Crippen LogP contribution in [0.5, 0.6) is 0 Å². The molecular formula is C24H44Br2O2. The predicted octanol–water partition coefficient (Wildman–Crippen LogP) is 6.97. The number of rotatable bonds is 4. The quantitative estimate of drug-likeness (QED) is 0.308. The first kappa shape index (κ1) is 26.7. The summed E-state index contributed by atoms with van der Waals surface area (Å²) < 4.78 is 0. The second-order valence-corrected chi connectivity index (χ2v) is 11.8. The Morgan fingerprint density at radius 1 is 0.964 bits per heavy atom. The lowest BCUT2D eigenvalue weighted by atomic mass is 9.43. The SMILES string of the molecule is C.C.CC1(C)C2CC(O)[C@@](O)(CCBr)C1C2.CC1(C)C2CC=C(CCBr)C1C2. The molecule has 5 unspecified atom stereocenters. The molecule has 4 heteroatoms. The van der Waals surface area contributed by atoms with Gasteiger partial charge in [0, 0.05) is 10.7 Å². The first-order chi connectivity index (χ1) is 12.1. The number of allylic oxidation sites excluding steroid dienone is 2. The van der Waals surface area contributed by atoms with E-state index in [-0.39, 0.29) is 26.2 Å². The van der Waals surface area contributed by atoms with E-state index in [0.717, 1.165) is 35.3 Å². The van der Waals surface area contributed by atoms with Gasteiger partial charge in [-0.2, -0.15) is 0 Å². The summed E-state index contributed by atoms with van der Waals surface area (Å²) in [4.78, 5) is 0. The third-order valence-electron chi connectivity index (χ3n) is 8.62. The van der Waals surface area contributed by atoms with E-state index < -0.39 is 11.7 Å². The fraction of sp³-hybridized carbons (Fsp3) is 0.917. The van der Waals surface area contributed by atoms with Crippen LogP contribution in [0.3, 0.4) is 0 Å². The highest BCUT2D eigenvalue weighted by atomic mass is 79.9. The Bertz CT molecular complexity index is 557. The van der Waals surface area contributed by atoms with Gasteiger partial charge in [-0.25, -0.2) is 0 Å². The van der Waals surface area contributed by atoms with E-state index in [2.05, 4.69) is 65.6 Å². The lowest BCUT2D eigenvalue weighted by Crippen LogP contribution is -2.67. The summed E-state index contributed by atoms with van der Waals surface area (Å²) in [7, 11) is 0. The molecule has 6 aliphatic carbocycles. The van der Waals surface area contributed by atoms with Crippen LogP contribution in [0.1, 0.15) is 81.1 Å². The van der Waals surface area contributed by atoms with Gasteiger partial charge in [0.2, 0.25) is 0 Å². The predicted molar refractivity (Wildman–Crippen MR) is 129 cm³/mol. The molecule has 0 aromatic heterocycles. The zero-order chi connectivity index (χ0) is 19.3. The van der Waals surface area contributed by atoms with Crippen LogP contribution in [0.4, 0.5) is 0 Å². The lowest BCUT2D eigenvalue weighted by Gasteiger charge is -2.65. The van der Waals surface area contributed by atoms with Crippen molar-refractivity contribution in [2.24, 2.45) is 34.5 Å². The minimum absolute atomic E-state index is 0. The van der Waals surface area contributed by atoms with E-state index in [0.29, 0.717) is 17.8 Å². The first-order valence-electron chi connectivity index (χ1n) is 10.3. The third-order valence-corrected chi connectivity index (χ3v) is 9.41. The van der Waals surface area contributed by atoms with Gasteiger partial charge in [0.15, 0.2) is 0 Å². The average molecular weight is 524 g/mol. The third kappa shape index (κ3) is 4.18. The van der Waals surface area contributed by atoms with Gasteiger partial charge in [0.1, 0.15) is 0 Å². The Morgan fingerprint density at radius 3 is 2.07 bits per heavy atom. The molecule has 4 bridgehead atoms. The van der Waals surface area contributed by atoms with Crippen LogP contribution in [-0.2, 0) is 0 Å². The molecule has 166 valence electrons. The number of halogens is 2. The maximum atomic E-state index is 10.5. The maximum Gasteiger partial charge on any atom is 0.0946 e. The van der Waals surface area contributed by atoms with Crippen LogP contribution >= 0.6 is 31.9 Å². The maximum absolute atomic E-state index is 10.5. The summed E-state index contributed by atoms with van der Waals surface area (Å²) in [6.45, 7) is 9.31. The number of alkyl halides is 2. The van der Waals surface area contributed by atoms with Crippen LogP contribution < -0.4 is 0 Å². The minimum atomic E-state index is -0.845. The van der Waals surface area contributed by atoms with Gasteiger partial charge in [-0.3, -0.25) is 0 Å². The summed E-state index contributed by atoms with van der Waals surface area (Å²) in [5.41, 5.74) is 1.71. The van der Waals surface area contributed by atoms with E-state index in [1.165, 1.54) is 19.3 Å². The topological polar surface area (TPSA) is 40.5 Å². The smallest absolute Gasteiger partial charge is 0.0946 e. The monoisotopic (exact) mass is 522 g/mol. The number of fused-ring (bicyclic) bond motifs is 3. The molecule has 0 aromatic rings. The van der Waals surface area contributed by atoms with Gasteiger partial charge >= 0.3 is 0 Å². The molecular weight excluding hydrogens is 480 g/mol. The van der Waals surface area contributed by atoms with Gasteiger partial charge in [-0.15, -0.1) is 0 Å². The van der Waals surface area contributed by atoms with Gasteiger partial charge in [0.25, 0.3) is 0 Å². The second kappa shape index (κ2) is 9.40. The molecule has 0 amide bonds. The largest absolute Gasteiger partial charge is 0.390 e. The summed E-state index contributed by atoms with van der Waals surface area (Å²) >= 11 is 6.89. The van der Waals surface area contributed by atoms with Crippen molar-refractivity contribution >= 4 is 31.9 Å². The van der Waals surface area contributed by atoms with Crippen molar-refractivity contribution in [3.8, 4) is 0 Å². The van der Waals surface area contributed by atoms with Crippen LogP contribution in [-0.4, -0.2) is 32.6 Å².